The van der Waals surface area contributed by atoms with Crippen LogP contribution < -0.4 is 5.32 Å². The molecule has 7 nitrogen and oxygen atoms in total. The lowest BCUT2D eigenvalue weighted by Crippen LogP contribution is -2.47. The summed E-state index contributed by atoms with van der Waals surface area (Å²) in [5, 5.41) is 11.0. The van der Waals surface area contributed by atoms with Crippen LogP contribution in [-0.4, -0.2) is 59.4 Å². The minimum Gasteiger partial charge on any atom is -0.480 e. The average molecular weight is 490 g/mol. The Bertz CT molecular complexity index is 1070. The van der Waals surface area contributed by atoms with Crippen molar-refractivity contribution in [3.8, 4) is 11.1 Å². The van der Waals surface area contributed by atoms with Gasteiger partial charge in [-0.05, 0) is 41.5 Å². The molecule has 186 valence electrons. The summed E-state index contributed by atoms with van der Waals surface area (Å²) in [6.07, 6.45) is -6.55. The third-order valence-electron chi connectivity index (χ3n) is 6.54. The predicted octanol–water partition coefficient (Wildman–Crippen LogP) is 4.31. The minimum absolute atomic E-state index is 0.141. The van der Waals surface area contributed by atoms with Crippen LogP contribution >= 0.6 is 0 Å². The number of halogens is 3. The molecule has 0 aromatic heterocycles. The molecular formula is C25H25F3N2O5. The second-order valence-corrected chi connectivity index (χ2v) is 8.69. The van der Waals surface area contributed by atoms with E-state index in [-0.39, 0.29) is 25.5 Å². The molecule has 4 rings (SSSR count). The monoisotopic (exact) mass is 490 g/mol. The summed E-state index contributed by atoms with van der Waals surface area (Å²) >= 11 is 0. The van der Waals surface area contributed by atoms with Crippen LogP contribution in [0.3, 0.4) is 0 Å². The fourth-order valence-electron chi connectivity index (χ4n) is 4.83. The number of carbonyl (C=O) groups is 3. The molecule has 10 heteroatoms. The van der Waals surface area contributed by atoms with Gasteiger partial charge in [-0.25, -0.2) is 9.59 Å². The number of carboxylic acids is 1. The topological polar surface area (TPSA) is 95.9 Å². The Hall–Kier alpha value is -3.56. The highest BCUT2D eigenvalue weighted by atomic mass is 19.4. The first kappa shape index (κ1) is 24.6. The van der Waals surface area contributed by atoms with Gasteiger partial charge in [-0.15, -0.1) is 0 Å². The molecule has 2 atom stereocenters. The van der Waals surface area contributed by atoms with E-state index in [2.05, 4.69) is 0 Å². The second-order valence-electron chi connectivity index (χ2n) is 8.69. The van der Waals surface area contributed by atoms with Crippen LogP contribution in [0.25, 0.3) is 11.1 Å². The van der Waals surface area contributed by atoms with Crippen molar-refractivity contribution in [2.75, 3.05) is 13.2 Å². The van der Waals surface area contributed by atoms with Gasteiger partial charge in [0.15, 0.2) is 0 Å². The van der Waals surface area contributed by atoms with Crippen LogP contribution in [0, 0.1) is 0 Å². The molecule has 0 saturated carbocycles. The molecule has 2 amide bonds. The van der Waals surface area contributed by atoms with Gasteiger partial charge in [0.2, 0.25) is 5.91 Å². The molecule has 1 aliphatic carbocycles. The Morgan fingerprint density at radius 2 is 1.66 bits per heavy atom. The fourth-order valence-corrected chi connectivity index (χ4v) is 4.83. The van der Waals surface area contributed by atoms with Crippen LogP contribution in [0.15, 0.2) is 48.5 Å². The number of alkyl carbamates (subject to hydrolysis) is 1. The van der Waals surface area contributed by atoms with Crippen molar-refractivity contribution in [1.82, 2.24) is 10.2 Å². The summed E-state index contributed by atoms with van der Waals surface area (Å²) in [7, 11) is 0. The van der Waals surface area contributed by atoms with E-state index in [1.165, 1.54) is 0 Å². The van der Waals surface area contributed by atoms with Gasteiger partial charge in [0.25, 0.3) is 0 Å². The zero-order chi connectivity index (χ0) is 25.2. The maximum atomic E-state index is 13.6. The molecule has 0 radical (unpaired) electrons. The number of likely N-dealkylation sites (tertiary alicyclic amines) is 1. The first-order valence-corrected chi connectivity index (χ1v) is 11.4. The van der Waals surface area contributed by atoms with Gasteiger partial charge in [-0.1, -0.05) is 48.5 Å². The number of nitrogens with zero attached hydrogens (tertiary/aromatic N) is 1. The summed E-state index contributed by atoms with van der Waals surface area (Å²) in [5.74, 6) is -2.17. The maximum absolute atomic E-state index is 13.6. The number of carboxylic acid groups (broad SMARTS) is 1. The number of fused-ring (bicyclic) bond motifs is 3. The Labute approximate surface area is 199 Å². The Morgan fingerprint density at radius 3 is 2.23 bits per heavy atom. The quantitative estimate of drug-likeness (QED) is 0.603. The van der Waals surface area contributed by atoms with E-state index in [0.29, 0.717) is 6.42 Å². The van der Waals surface area contributed by atoms with Crippen LogP contribution in [0.2, 0.25) is 0 Å². The fraction of sp³-hybridized carbons (Fsp3) is 0.400. The molecular weight excluding hydrogens is 465 g/mol. The molecule has 1 fully saturated rings. The van der Waals surface area contributed by atoms with Crippen molar-refractivity contribution in [2.45, 2.75) is 49.9 Å². The molecule has 2 aliphatic rings. The summed E-state index contributed by atoms with van der Waals surface area (Å²) in [4.78, 5) is 37.0. The lowest BCUT2D eigenvalue weighted by atomic mass is 9.98. The average Bonchev–Trinajstić information content (AvgIpc) is 3.43. The van der Waals surface area contributed by atoms with E-state index >= 15 is 0 Å². The zero-order valence-electron chi connectivity index (χ0n) is 18.8. The van der Waals surface area contributed by atoms with Gasteiger partial charge in [0.1, 0.15) is 18.7 Å². The van der Waals surface area contributed by atoms with Crippen LogP contribution in [0.5, 0.6) is 0 Å². The molecule has 2 aromatic carbocycles. The summed E-state index contributed by atoms with van der Waals surface area (Å²) < 4.78 is 45.9. The van der Waals surface area contributed by atoms with E-state index < -0.39 is 49.1 Å². The second kappa shape index (κ2) is 9.97. The van der Waals surface area contributed by atoms with Gasteiger partial charge < -0.3 is 20.1 Å². The molecule has 1 aliphatic heterocycles. The minimum atomic E-state index is -4.80. The summed E-state index contributed by atoms with van der Waals surface area (Å²) in [5.41, 5.74) is 3.84. The predicted molar refractivity (Wildman–Crippen MR) is 120 cm³/mol. The van der Waals surface area contributed by atoms with Gasteiger partial charge in [0.05, 0.1) is 0 Å². The molecule has 0 unspecified atom stereocenters. The molecule has 0 spiro atoms. The number of hydrogen-bond acceptors (Lipinski definition) is 4. The standard InChI is InChI=1S/C25H25F3N2O5/c26-25(27,28)21(11-12-22(31)30-13-5-10-20(30)23(32)33)29-24(34)35-14-19-17-8-3-1-6-15(17)16-7-2-4-9-18(16)19/h1-4,6-9,19-21H,5,10-14H2,(H,29,34)(H,32,33)/t20-,21-/m0/s1. The molecule has 1 saturated heterocycles. The van der Waals surface area contributed by atoms with Gasteiger partial charge >= 0.3 is 18.2 Å². The van der Waals surface area contributed by atoms with Crippen molar-refractivity contribution in [1.29, 1.82) is 0 Å². The van der Waals surface area contributed by atoms with Crippen LogP contribution in [-0.2, 0) is 14.3 Å². The van der Waals surface area contributed by atoms with Gasteiger partial charge in [-0.3, -0.25) is 4.79 Å². The number of ether oxygens (including phenoxy) is 1. The van der Waals surface area contributed by atoms with Crippen molar-refractivity contribution in [3.63, 3.8) is 0 Å². The zero-order valence-corrected chi connectivity index (χ0v) is 18.8. The Kier molecular flexibility index (Phi) is 7.00. The molecule has 2 N–H and O–H groups in total. The first-order chi connectivity index (χ1) is 16.7. The summed E-state index contributed by atoms with van der Waals surface area (Å²) in [6, 6.07) is 11.8. The lowest BCUT2D eigenvalue weighted by molar-refractivity contribution is -0.158. The smallest absolute Gasteiger partial charge is 0.408 e. The Balaban J connectivity index is 1.37. The number of hydrogen-bond donors (Lipinski definition) is 2. The first-order valence-electron chi connectivity index (χ1n) is 11.4. The highest BCUT2D eigenvalue weighted by Crippen LogP contribution is 2.44. The molecule has 1 heterocycles. The van der Waals surface area contributed by atoms with Gasteiger partial charge in [-0.2, -0.15) is 13.2 Å². The molecule has 2 aromatic rings. The Morgan fingerprint density at radius 1 is 1.06 bits per heavy atom. The van der Waals surface area contributed by atoms with Gasteiger partial charge in [0, 0.05) is 18.9 Å². The van der Waals surface area contributed by atoms with E-state index in [0.717, 1.165) is 27.2 Å². The number of alkyl halides is 3. The van der Waals surface area contributed by atoms with Crippen LogP contribution in [0.1, 0.15) is 42.7 Å². The van der Waals surface area contributed by atoms with Crippen molar-refractivity contribution >= 4 is 18.0 Å². The van der Waals surface area contributed by atoms with E-state index in [9.17, 15) is 32.7 Å². The normalized spacial score (nSPS) is 18.0. The lowest BCUT2D eigenvalue weighted by Gasteiger charge is -2.25. The third-order valence-corrected chi connectivity index (χ3v) is 6.54. The summed E-state index contributed by atoms with van der Waals surface area (Å²) in [6.45, 7) is 0.0454. The number of rotatable bonds is 7. The van der Waals surface area contributed by atoms with Crippen molar-refractivity contribution < 1.29 is 37.4 Å². The number of amides is 2. The molecule has 35 heavy (non-hydrogen) atoms. The van der Waals surface area contributed by atoms with Crippen molar-refractivity contribution in [3.05, 3.63) is 59.7 Å². The number of aliphatic carboxylic acids is 1. The number of carbonyl (C=O) groups excluding carboxylic acids is 2. The highest BCUT2D eigenvalue weighted by molar-refractivity contribution is 5.84. The van der Waals surface area contributed by atoms with E-state index in [1.54, 1.807) is 0 Å². The highest BCUT2D eigenvalue weighted by Gasteiger charge is 2.42. The van der Waals surface area contributed by atoms with E-state index in [4.69, 9.17) is 4.74 Å². The van der Waals surface area contributed by atoms with E-state index in [1.807, 2.05) is 53.8 Å². The maximum Gasteiger partial charge on any atom is 0.408 e. The number of benzene rings is 2. The SMILES string of the molecule is O=C(N[C@@H](CCC(=O)N1CCC[C@H]1C(=O)O)C(F)(F)F)OCC1c2ccccc2-c2ccccc21. The number of nitrogens with one attached hydrogen (secondary N) is 1. The molecule has 0 bridgehead atoms. The van der Waals surface area contributed by atoms with Crippen molar-refractivity contribution in [2.24, 2.45) is 0 Å². The largest absolute Gasteiger partial charge is 0.480 e. The van der Waals surface area contributed by atoms with Crippen LogP contribution in [0.4, 0.5) is 18.0 Å². The third kappa shape index (κ3) is 5.26.